The maximum Gasteiger partial charge on any atom is -0.00148 e. The molecule has 1 aliphatic rings. The molecule has 1 N–H and O–H groups in total. The second-order valence-corrected chi connectivity index (χ2v) is 6.66. The first kappa shape index (κ1) is 14.6. The zero-order valence-corrected chi connectivity index (χ0v) is 13.3. The molecular formula is C20H27N. The summed E-state index contributed by atoms with van der Waals surface area (Å²) in [6.07, 6.45) is 4.09. The summed E-state index contributed by atoms with van der Waals surface area (Å²) in [4.78, 5) is 0. The number of benzene rings is 2. The highest BCUT2D eigenvalue weighted by Crippen LogP contribution is 2.42. The molecule has 112 valence electrons. The number of hydrogen-bond donors (Lipinski definition) is 1. The van der Waals surface area contributed by atoms with E-state index in [0.29, 0.717) is 5.92 Å². The molecular weight excluding hydrogens is 254 g/mol. The first-order valence-electron chi connectivity index (χ1n) is 8.48. The fourth-order valence-electron chi connectivity index (χ4n) is 3.97. The van der Waals surface area contributed by atoms with Gasteiger partial charge in [-0.15, -0.1) is 0 Å². The Balaban J connectivity index is 1.96. The van der Waals surface area contributed by atoms with Gasteiger partial charge in [-0.2, -0.15) is 0 Å². The van der Waals surface area contributed by atoms with Gasteiger partial charge in [0.2, 0.25) is 0 Å². The summed E-state index contributed by atoms with van der Waals surface area (Å²) in [5.41, 5.74) is 1.57. The van der Waals surface area contributed by atoms with Crippen LogP contribution in [0.5, 0.6) is 0 Å². The van der Waals surface area contributed by atoms with E-state index in [2.05, 4.69) is 61.6 Å². The smallest absolute Gasteiger partial charge is 0.00148 e. The third-order valence-electron chi connectivity index (χ3n) is 5.13. The SMILES string of the molecule is CCNCC1CCC(C)CC1c1cccc2ccccc12. The van der Waals surface area contributed by atoms with Crippen molar-refractivity contribution in [1.29, 1.82) is 0 Å². The Morgan fingerprint density at radius 1 is 1.05 bits per heavy atom. The Kier molecular flexibility index (Phi) is 4.60. The van der Waals surface area contributed by atoms with Crippen LogP contribution in [0.3, 0.4) is 0 Å². The van der Waals surface area contributed by atoms with E-state index < -0.39 is 0 Å². The van der Waals surface area contributed by atoms with Crippen LogP contribution in [0.2, 0.25) is 0 Å². The van der Waals surface area contributed by atoms with E-state index in [1.807, 2.05) is 0 Å². The fraction of sp³-hybridized carbons (Fsp3) is 0.500. The van der Waals surface area contributed by atoms with Gasteiger partial charge in [-0.05, 0) is 60.0 Å². The van der Waals surface area contributed by atoms with Gasteiger partial charge in [-0.1, -0.05) is 62.7 Å². The van der Waals surface area contributed by atoms with E-state index in [4.69, 9.17) is 0 Å². The van der Waals surface area contributed by atoms with Crippen LogP contribution in [-0.2, 0) is 0 Å². The second kappa shape index (κ2) is 6.62. The molecule has 21 heavy (non-hydrogen) atoms. The van der Waals surface area contributed by atoms with Crippen molar-refractivity contribution >= 4 is 10.8 Å². The van der Waals surface area contributed by atoms with E-state index in [0.717, 1.165) is 24.9 Å². The summed E-state index contributed by atoms with van der Waals surface area (Å²) in [6.45, 7) is 6.87. The van der Waals surface area contributed by atoms with Crippen LogP contribution in [0, 0.1) is 11.8 Å². The molecule has 1 aliphatic carbocycles. The molecule has 3 rings (SSSR count). The van der Waals surface area contributed by atoms with Gasteiger partial charge in [-0.3, -0.25) is 0 Å². The van der Waals surface area contributed by atoms with Crippen molar-refractivity contribution < 1.29 is 0 Å². The lowest BCUT2D eigenvalue weighted by atomic mass is 9.70. The highest BCUT2D eigenvalue weighted by molar-refractivity contribution is 5.86. The van der Waals surface area contributed by atoms with Gasteiger partial charge in [0, 0.05) is 0 Å². The molecule has 0 amide bonds. The largest absolute Gasteiger partial charge is 0.317 e. The van der Waals surface area contributed by atoms with Gasteiger partial charge in [0.1, 0.15) is 0 Å². The molecule has 2 aromatic rings. The lowest BCUT2D eigenvalue weighted by Gasteiger charge is -2.36. The molecule has 2 aromatic carbocycles. The quantitative estimate of drug-likeness (QED) is 0.834. The van der Waals surface area contributed by atoms with E-state index in [-0.39, 0.29) is 0 Å². The van der Waals surface area contributed by atoms with Crippen molar-refractivity contribution in [3.8, 4) is 0 Å². The first-order chi connectivity index (χ1) is 10.3. The minimum atomic E-state index is 0.707. The predicted molar refractivity (Wildman–Crippen MR) is 91.7 cm³/mol. The van der Waals surface area contributed by atoms with Crippen molar-refractivity contribution in [3.05, 3.63) is 48.0 Å². The molecule has 0 radical (unpaired) electrons. The lowest BCUT2D eigenvalue weighted by Crippen LogP contribution is -2.31. The Hall–Kier alpha value is -1.34. The van der Waals surface area contributed by atoms with Crippen molar-refractivity contribution in [2.24, 2.45) is 11.8 Å². The zero-order valence-electron chi connectivity index (χ0n) is 13.3. The Morgan fingerprint density at radius 2 is 1.86 bits per heavy atom. The van der Waals surface area contributed by atoms with E-state index in [9.17, 15) is 0 Å². The van der Waals surface area contributed by atoms with Gasteiger partial charge in [-0.25, -0.2) is 0 Å². The predicted octanol–water partition coefficient (Wildman–Crippen LogP) is 4.97. The number of hydrogen-bond acceptors (Lipinski definition) is 1. The molecule has 3 unspecified atom stereocenters. The van der Waals surface area contributed by atoms with Gasteiger partial charge in [0.25, 0.3) is 0 Å². The minimum absolute atomic E-state index is 0.707. The molecule has 1 saturated carbocycles. The normalized spacial score (nSPS) is 26.1. The number of fused-ring (bicyclic) bond motifs is 1. The molecule has 0 aliphatic heterocycles. The number of rotatable bonds is 4. The van der Waals surface area contributed by atoms with E-state index >= 15 is 0 Å². The van der Waals surface area contributed by atoms with Crippen molar-refractivity contribution in [2.75, 3.05) is 13.1 Å². The lowest BCUT2D eigenvalue weighted by molar-refractivity contribution is 0.244. The molecule has 0 saturated heterocycles. The Bertz CT molecular complexity index is 582. The average molecular weight is 281 g/mol. The van der Waals surface area contributed by atoms with Gasteiger partial charge in [0.05, 0.1) is 0 Å². The summed E-state index contributed by atoms with van der Waals surface area (Å²) in [5, 5.41) is 6.42. The minimum Gasteiger partial charge on any atom is -0.317 e. The average Bonchev–Trinajstić information content (AvgIpc) is 2.53. The van der Waals surface area contributed by atoms with Crippen LogP contribution in [0.1, 0.15) is 44.6 Å². The molecule has 1 heteroatoms. The molecule has 0 bridgehead atoms. The molecule has 0 aromatic heterocycles. The third-order valence-corrected chi connectivity index (χ3v) is 5.13. The van der Waals surface area contributed by atoms with E-state index in [1.54, 1.807) is 5.56 Å². The molecule has 1 fully saturated rings. The van der Waals surface area contributed by atoms with Crippen LogP contribution in [0.15, 0.2) is 42.5 Å². The van der Waals surface area contributed by atoms with E-state index in [1.165, 1.54) is 30.0 Å². The molecule has 0 spiro atoms. The zero-order chi connectivity index (χ0) is 14.7. The molecule has 1 nitrogen and oxygen atoms in total. The standard InChI is InChI=1S/C20H27N/c1-3-21-14-17-12-11-15(2)13-20(17)19-10-6-8-16-7-4-5-9-18(16)19/h4-10,15,17,20-21H,3,11-14H2,1-2H3. The summed E-state index contributed by atoms with van der Waals surface area (Å²) in [6, 6.07) is 15.7. The third kappa shape index (κ3) is 3.13. The maximum absolute atomic E-state index is 3.58. The summed E-state index contributed by atoms with van der Waals surface area (Å²) < 4.78 is 0. The topological polar surface area (TPSA) is 12.0 Å². The van der Waals surface area contributed by atoms with Gasteiger partial charge >= 0.3 is 0 Å². The van der Waals surface area contributed by atoms with Gasteiger partial charge in [0.15, 0.2) is 0 Å². The second-order valence-electron chi connectivity index (χ2n) is 6.66. The molecule has 3 atom stereocenters. The van der Waals surface area contributed by atoms with Crippen molar-refractivity contribution in [2.45, 2.75) is 39.0 Å². The Morgan fingerprint density at radius 3 is 2.71 bits per heavy atom. The summed E-state index contributed by atoms with van der Waals surface area (Å²) in [7, 11) is 0. The molecule has 0 heterocycles. The first-order valence-corrected chi connectivity index (χ1v) is 8.48. The fourth-order valence-corrected chi connectivity index (χ4v) is 3.97. The van der Waals surface area contributed by atoms with Crippen molar-refractivity contribution in [3.63, 3.8) is 0 Å². The summed E-state index contributed by atoms with van der Waals surface area (Å²) >= 11 is 0. The maximum atomic E-state index is 3.58. The highest BCUT2D eigenvalue weighted by atomic mass is 14.8. The monoisotopic (exact) mass is 281 g/mol. The van der Waals surface area contributed by atoms with Crippen LogP contribution in [0.25, 0.3) is 10.8 Å². The highest BCUT2D eigenvalue weighted by Gasteiger charge is 2.30. The van der Waals surface area contributed by atoms with Crippen molar-refractivity contribution in [1.82, 2.24) is 5.32 Å². The van der Waals surface area contributed by atoms with Crippen LogP contribution >= 0.6 is 0 Å². The summed E-state index contributed by atoms with van der Waals surface area (Å²) in [5.74, 6) is 2.35. The van der Waals surface area contributed by atoms with Crippen LogP contribution in [0.4, 0.5) is 0 Å². The number of nitrogens with one attached hydrogen (secondary N) is 1. The van der Waals surface area contributed by atoms with Gasteiger partial charge < -0.3 is 5.32 Å². The Labute approximate surface area is 128 Å². The van der Waals surface area contributed by atoms with Crippen LogP contribution < -0.4 is 5.32 Å². The van der Waals surface area contributed by atoms with Crippen LogP contribution in [-0.4, -0.2) is 13.1 Å².